The van der Waals surface area contributed by atoms with Crippen molar-refractivity contribution in [1.82, 2.24) is 10.2 Å². The van der Waals surface area contributed by atoms with E-state index in [2.05, 4.69) is 37.9 Å². The highest BCUT2D eigenvalue weighted by Gasteiger charge is 2.38. The maximum Gasteiger partial charge on any atom is 0.0472 e. The maximum absolute atomic E-state index is 5.62. The highest BCUT2D eigenvalue weighted by atomic mass is 16.5. The minimum atomic E-state index is 0.430. The standard InChI is InChI=1S/C17H34N2O/c1-5-18-12-17(6-8-20-9-7-17)13-19-11-14(2)10-15(3)16(19)4/h14-16,18H,5-13H2,1-4H3. The molecule has 3 nitrogen and oxygen atoms in total. The molecule has 20 heavy (non-hydrogen) atoms. The van der Waals surface area contributed by atoms with Crippen LogP contribution < -0.4 is 5.32 Å². The van der Waals surface area contributed by atoms with E-state index in [4.69, 9.17) is 4.74 Å². The van der Waals surface area contributed by atoms with Gasteiger partial charge < -0.3 is 10.1 Å². The fourth-order valence-corrected chi connectivity index (χ4v) is 4.06. The SMILES string of the molecule is CCNCC1(CN2CC(C)CC(C)C2C)CCOCC1. The summed E-state index contributed by atoms with van der Waals surface area (Å²) in [5.41, 5.74) is 0.430. The monoisotopic (exact) mass is 282 g/mol. The predicted molar refractivity (Wildman–Crippen MR) is 85.0 cm³/mol. The number of hydrogen-bond donors (Lipinski definition) is 1. The van der Waals surface area contributed by atoms with Gasteiger partial charge in [0, 0.05) is 38.9 Å². The molecule has 3 atom stereocenters. The van der Waals surface area contributed by atoms with E-state index in [9.17, 15) is 0 Å². The van der Waals surface area contributed by atoms with E-state index in [-0.39, 0.29) is 0 Å². The van der Waals surface area contributed by atoms with Crippen molar-refractivity contribution >= 4 is 0 Å². The van der Waals surface area contributed by atoms with Crippen molar-refractivity contribution in [2.75, 3.05) is 39.4 Å². The van der Waals surface area contributed by atoms with Crippen molar-refractivity contribution in [2.45, 2.75) is 53.0 Å². The molecule has 0 aromatic rings. The molecule has 3 unspecified atom stereocenters. The number of nitrogens with one attached hydrogen (secondary N) is 1. The number of hydrogen-bond acceptors (Lipinski definition) is 3. The van der Waals surface area contributed by atoms with Gasteiger partial charge in [-0.05, 0) is 50.0 Å². The highest BCUT2D eigenvalue weighted by molar-refractivity contribution is 4.91. The van der Waals surface area contributed by atoms with Gasteiger partial charge in [0.2, 0.25) is 0 Å². The molecule has 2 aliphatic heterocycles. The Hall–Kier alpha value is -0.120. The van der Waals surface area contributed by atoms with Crippen LogP contribution in [0.2, 0.25) is 0 Å². The molecule has 2 rings (SSSR count). The van der Waals surface area contributed by atoms with E-state index in [0.717, 1.165) is 44.2 Å². The molecule has 2 aliphatic rings. The first kappa shape index (κ1) is 16.3. The number of ether oxygens (including phenoxy) is 1. The van der Waals surface area contributed by atoms with Crippen LogP contribution >= 0.6 is 0 Å². The lowest BCUT2D eigenvalue weighted by Gasteiger charge is -2.47. The van der Waals surface area contributed by atoms with Gasteiger partial charge in [-0.15, -0.1) is 0 Å². The van der Waals surface area contributed by atoms with Crippen molar-refractivity contribution in [3.05, 3.63) is 0 Å². The second kappa shape index (κ2) is 7.24. The highest BCUT2D eigenvalue weighted by Crippen LogP contribution is 2.35. The molecule has 0 amide bonds. The van der Waals surface area contributed by atoms with Crippen molar-refractivity contribution in [1.29, 1.82) is 0 Å². The molecule has 0 saturated carbocycles. The Labute approximate surface area is 125 Å². The molecule has 118 valence electrons. The topological polar surface area (TPSA) is 24.5 Å². The van der Waals surface area contributed by atoms with E-state index >= 15 is 0 Å². The third kappa shape index (κ3) is 3.96. The quantitative estimate of drug-likeness (QED) is 0.839. The molecule has 2 fully saturated rings. The lowest BCUT2D eigenvalue weighted by atomic mass is 9.77. The zero-order valence-corrected chi connectivity index (χ0v) is 14.0. The molecule has 0 aromatic carbocycles. The van der Waals surface area contributed by atoms with Crippen LogP contribution in [0.25, 0.3) is 0 Å². The summed E-state index contributed by atoms with van der Waals surface area (Å²) in [5.74, 6) is 1.67. The molecule has 3 heteroatoms. The predicted octanol–water partition coefficient (Wildman–Crippen LogP) is 2.76. The molecular formula is C17H34N2O. The van der Waals surface area contributed by atoms with Crippen LogP contribution in [0.5, 0.6) is 0 Å². The number of piperidine rings is 1. The molecule has 2 heterocycles. The van der Waals surface area contributed by atoms with Crippen LogP contribution in [0.4, 0.5) is 0 Å². The van der Waals surface area contributed by atoms with Gasteiger partial charge in [0.1, 0.15) is 0 Å². The Morgan fingerprint density at radius 1 is 1.20 bits per heavy atom. The summed E-state index contributed by atoms with van der Waals surface area (Å²) in [7, 11) is 0. The molecule has 0 radical (unpaired) electrons. The zero-order chi connectivity index (χ0) is 14.6. The van der Waals surface area contributed by atoms with Gasteiger partial charge in [0.25, 0.3) is 0 Å². The van der Waals surface area contributed by atoms with Crippen LogP contribution in [0.1, 0.15) is 47.0 Å². The lowest BCUT2D eigenvalue weighted by molar-refractivity contribution is -0.0286. The Bertz CT molecular complexity index is 289. The van der Waals surface area contributed by atoms with Crippen LogP contribution in [0.15, 0.2) is 0 Å². The van der Waals surface area contributed by atoms with E-state index in [1.807, 2.05) is 0 Å². The van der Waals surface area contributed by atoms with Gasteiger partial charge in [0.05, 0.1) is 0 Å². The molecule has 2 saturated heterocycles. The normalized spacial score (nSPS) is 35.1. The van der Waals surface area contributed by atoms with Crippen LogP contribution in [-0.4, -0.2) is 50.3 Å². The van der Waals surface area contributed by atoms with Crippen molar-refractivity contribution in [2.24, 2.45) is 17.3 Å². The number of likely N-dealkylation sites (tertiary alicyclic amines) is 1. The van der Waals surface area contributed by atoms with Gasteiger partial charge in [-0.25, -0.2) is 0 Å². The average molecular weight is 282 g/mol. The summed E-state index contributed by atoms with van der Waals surface area (Å²) in [4.78, 5) is 2.77. The van der Waals surface area contributed by atoms with Crippen molar-refractivity contribution < 1.29 is 4.74 Å². The summed E-state index contributed by atoms with van der Waals surface area (Å²) in [5, 5.41) is 3.60. The summed E-state index contributed by atoms with van der Waals surface area (Å²) < 4.78 is 5.62. The van der Waals surface area contributed by atoms with Crippen LogP contribution in [0, 0.1) is 17.3 Å². The van der Waals surface area contributed by atoms with Crippen LogP contribution in [0.3, 0.4) is 0 Å². The first-order valence-corrected chi connectivity index (χ1v) is 8.59. The summed E-state index contributed by atoms with van der Waals surface area (Å²) in [6.45, 7) is 16.1. The van der Waals surface area contributed by atoms with Crippen LogP contribution in [-0.2, 0) is 4.74 Å². The molecule has 0 aromatic heterocycles. The smallest absolute Gasteiger partial charge is 0.0472 e. The fourth-order valence-electron chi connectivity index (χ4n) is 4.06. The second-order valence-electron chi connectivity index (χ2n) is 7.38. The van der Waals surface area contributed by atoms with Gasteiger partial charge in [0.15, 0.2) is 0 Å². The summed E-state index contributed by atoms with van der Waals surface area (Å²) in [6.07, 6.45) is 3.82. The lowest BCUT2D eigenvalue weighted by Crippen LogP contribution is -2.53. The largest absolute Gasteiger partial charge is 0.381 e. The maximum atomic E-state index is 5.62. The minimum Gasteiger partial charge on any atom is -0.381 e. The van der Waals surface area contributed by atoms with E-state index in [1.165, 1.54) is 32.4 Å². The minimum absolute atomic E-state index is 0.430. The zero-order valence-electron chi connectivity index (χ0n) is 14.0. The fraction of sp³-hybridized carbons (Fsp3) is 1.00. The Morgan fingerprint density at radius 3 is 2.55 bits per heavy atom. The van der Waals surface area contributed by atoms with Gasteiger partial charge in [-0.2, -0.15) is 0 Å². The first-order chi connectivity index (χ1) is 9.56. The Morgan fingerprint density at radius 2 is 1.90 bits per heavy atom. The van der Waals surface area contributed by atoms with E-state index in [1.54, 1.807) is 0 Å². The Balaban J connectivity index is 2.02. The molecule has 0 bridgehead atoms. The summed E-state index contributed by atoms with van der Waals surface area (Å²) >= 11 is 0. The van der Waals surface area contributed by atoms with Crippen molar-refractivity contribution in [3.63, 3.8) is 0 Å². The van der Waals surface area contributed by atoms with Gasteiger partial charge in [-0.1, -0.05) is 20.8 Å². The Kier molecular flexibility index (Phi) is 5.88. The van der Waals surface area contributed by atoms with Gasteiger partial charge in [-0.3, -0.25) is 4.90 Å². The average Bonchev–Trinajstić information content (AvgIpc) is 2.43. The molecule has 1 N–H and O–H groups in total. The number of rotatable bonds is 5. The van der Waals surface area contributed by atoms with Crippen molar-refractivity contribution in [3.8, 4) is 0 Å². The molecular weight excluding hydrogens is 248 g/mol. The van der Waals surface area contributed by atoms with E-state index < -0.39 is 0 Å². The number of nitrogens with zero attached hydrogens (tertiary/aromatic N) is 1. The molecule has 0 spiro atoms. The summed E-state index contributed by atoms with van der Waals surface area (Å²) in [6, 6.07) is 0.729. The first-order valence-electron chi connectivity index (χ1n) is 8.59. The third-order valence-electron chi connectivity index (χ3n) is 5.56. The van der Waals surface area contributed by atoms with Gasteiger partial charge >= 0.3 is 0 Å². The molecule has 0 aliphatic carbocycles. The third-order valence-corrected chi connectivity index (χ3v) is 5.56. The second-order valence-corrected chi connectivity index (χ2v) is 7.38. The van der Waals surface area contributed by atoms with E-state index in [0.29, 0.717) is 5.41 Å².